The molecule has 0 N–H and O–H groups in total. The molecule has 0 heteroatoms. The summed E-state index contributed by atoms with van der Waals surface area (Å²) in [6, 6.07) is 53.6. The highest BCUT2D eigenvalue weighted by Crippen LogP contribution is 2.50. The first-order chi connectivity index (χ1) is 20.1. The van der Waals surface area contributed by atoms with Crippen LogP contribution in [0.5, 0.6) is 0 Å². The van der Waals surface area contributed by atoms with Crippen molar-refractivity contribution in [1.82, 2.24) is 0 Å². The molecule has 194 valence electrons. The number of rotatable bonds is 3. The molecule has 8 rings (SSSR count). The van der Waals surface area contributed by atoms with E-state index in [9.17, 15) is 0 Å². The molecule has 0 amide bonds. The Labute approximate surface area is 241 Å². The smallest absolute Gasteiger partial charge is 0.0159 e. The van der Waals surface area contributed by atoms with Crippen LogP contribution in [0, 0.1) is 0 Å². The summed E-state index contributed by atoms with van der Waals surface area (Å²) >= 11 is 0. The maximum absolute atomic E-state index is 2.46. The minimum atomic E-state index is -0.00964. The van der Waals surface area contributed by atoms with Crippen LogP contribution in [-0.4, -0.2) is 0 Å². The van der Waals surface area contributed by atoms with E-state index in [1.54, 1.807) is 0 Å². The second-order valence-electron chi connectivity index (χ2n) is 11.8. The van der Waals surface area contributed by atoms with Crippen LogP contribution >= 0.6 is 0 Å². The van der Waals surface area contributed by atoms with Gasteiger partial charge in [-0.1, -0.05) is 135 Å². The summed E-state index contributed by atoms with van der Waals surface area (Å²) in [6.45, 7) is 4.72. The molecule has 0 fully saturated rings. The molecule has 0 saturated carbocycles. The molecule has 0 bridgehead atoms. The molecule has 0 saturated heterocycles. The van der Waals surface area contributed by atoms with Gasteiger partial charge in [-0.2, -0.15) is 0 Å². The summed E-state index contributed by atoms with van der Waals surface area (Å²) in [5.74, 6) is 0. The van der Waals surface area contributed by atoms with E-state index < -0.39 is 0 Å². The third-order valence-corrected chi connectivity index (χ3v) is 9.06. The van der Waals surface area contributed by atoms with E-state index in [1.807, 2.05) is 0 Å². The predicted octanol–water partition coefficient (Wildman–Crippen LogP) is 11.3. The van der Waals surface area contributed by atoms with E-state index in [0.29, 0.717) is 0 Å². The average molecular weight is 523 g/mol. The van der Waals surface area contributed by atoms with Gasteiger partial charge in [0.25, 0.3) is 0 Å². The second-order valence-corrected chi connectivity index (χ2v) is 11.8. The van der Waals surface area contributed by atoms with Crippen molar-refractivity contribution < 1.29 is 0 Å². The monoisotopic (exact) mass is 522 g/mol. The van der Waals surface area contributed by atoms with E-state index in [-0.39, 0.29) is 5.41 Å². The predicted molar refractivity (Wildman–Crippen MR) is 175 cm³/mol. The van der Waals surface area contributed by atoms with E-state index in [2.05, 4.69) is 159 Å². The zero-order valence-electron chi connectivity index (χ0n) is 23.4. The molecule has 7 aromatic carbocycles. The van der Waals surface area contributed by atoms with Crippen molar-refractivity contribution in [2.45, 2.75) is 19.3 Å². The number of fused-ring (bicyclic) bond motifs is 6. The van der Waals surface area contributed by atoms with Crippen molar-refractivity contribution in [2.24, 2.45) is 0 Å². The van der Waals surface area contributed by atoms with Gasteiger partial charge in [0.2, 0.25) is 0 Å². The van der Waals surface area contributed by atoms with Crippen LogP contribution in [0.2, 0.25) is 0 Å². The summed E-state index contributed by atoms with van der Waals surface area (Å²) in [4.78, 5) is 0. The van der Waals surface area contributed by atoms with Gasteiger partial charge < -0.3 is 0 Å². The molecule has 41 heavy (non-hydrogen) atoms. The molecule has 0 unspecified atom stereocenters. The average Bonchev–Trinajstić information content (AvgIpc) is 3.26. The summed E-state index contributed by atoms with van der Waals surface area (Å²) in [5, 5.41) is 5.22. The van der Waals surface area contributed by atoms with Crippen LogP contribution < -0.4 is 0 Å². The maximum atomic E-state index is 2.46. The van der Waals surface area contributed by atoms with Crippen LogP contribution in [0.1, 0.15) is 25.0 Å². The zero-order valence-corrected chi connectivity index (χ0v) is 23.4. The Morgan fingerprint density at radius 3 is 1.68 bits per heavy atom. The zero-order chi connectivity index (χ0) is 27.6. The molecule has 7 aromatic rings. The van der Waals surface area contributed by atoms with Gasteiger partial charge >= 0.3 is 0 Å². The van der Waals surface area contributed by atoms with Crippen molar-refractivity contribution in [3.63, 3.8) is 0 Å². The van der Waals surface area contributed by atoms with E-state index in [4.69, 9.17) is 0 Å². The van der Waals surface area contributed by atoms with Gasteiger partial charge in [0.05, 0.1) is 0 Å². The number of hydrogen-bond donors (Lipinski definition) is 0. The molecule has 0 nitrogen and oxygen atoms in total. The summed E-state index contributed by atoms with van der Waals surface area (Å²) < 4.78 is 0. The Morgan fingerprint density at radius 2 is 0.878 bits per heavy atom. The topological polar surface area (TPSA) is 0 Å². The minimum Gasteiger partial charge on any atom is -0.0622 e. The minimum absolute atomic E-state index is 0.00964. The third-order valence-electron chi connectivity index (χ3n) is 9.06. The quantitative estimate of drug-likeness (QED) is 0.202. The van der Waals surface area contributed by atoms with Crippen molar-refractivity contribution >= 4 is 21.5 Å². The highest BCUT2D eigenvalue weighted by molar-refractivity contribution is 6.11. The lowest BCUT2D eigenvalue weighted by molar-refractivity contribution is 0.661. The molecule has 0 aliphatic heterocycles. The third kappa shape index (κ3) is 3.83. The molecule has 0 spiro atoms. The van der Waals surface area contributed by atoms with Gasteiger partial charge in [0.1, 0.15) is 0 Å². The summed E-state index contributed by atoms with van der Waals surface area (Å²) in [6.07, 6.45) is 0. The first-order valence-corrected chi connectivity index (χ1v) is 14.4. The lowest BCUT2D eigenvalue weighted by atomic mass is 9.81. The van der Waals surface area contributed by atoms with Crippen molar-refractivity contribution in [3.8, 4) is 44.5 Å². The van der Waals surface area contributed by atoms with Gasteiger partial charge in [0.15, 0.2) is 0 Å². The van der Waals surface area contributed by atoms with Crippen LogP contribution in [0.15, 0.2) is 146 Å². The fourth-order valence-electron chi connectivity index (χ4n) is 6.79. The Kier molecular flexibility index (Phi) is 5.27. The van der Waals surface area contributed by atoms with Gasteiger partial charge in [-0.3, -0.25) is 0 Å². The first-order valence-electron chi connectivity index (χ1n) is 14.4. The maximum Gasteiger partial charge on any atom is 0.0159 e. The Morgan fingerprint density at radius 1 is 0.341 bits per heavy atom. The largest absolute Gasteiger partial charge is 0.0622 e. The lowest BCUT2D eigenvalue weighted by Crippen LogP contribution is -2.14. The van der Waals surface area contributed by atoms with E-state index in [1.165, 1.54) is 77.2 Å². The molecule has 1 aliphatic rings. The molecular weight excluding hydrogens is 492 g/mol. The highest BCUT2D eigenvalue weighted by atomic mass is 14.4. The summed E-state index contributed by atoms with van der Waals surface area (Å²) in [5.41, 5.74) is 13.0. The number of hydrogen-bond acceptors (Lipinski definition) is 0. The molecule has 0 radical (unpaired) electrons. The fraction of sp³-hybridized carbons (Fsp3) is 0.0732. The molecule has 0 heterocycles. The highest BCUT2D eigenvalue weighted by Gasteiger charge is 2.35. The Bertz CT molecular complexity index is 2090. The van der Waals surface area contributed by atoms with Crippen molar-refractivity contribution in [1.29, 1.82) is 0 Å². The molecule has 0 aromatic heterocycles. The van der Waals surface area contributed by atoms with Crippen molar-refractivity contribution in [3.05, 3.63) is 157 Å². The molecule has 1 aliphatic carbocycles. The van der Waals surface area contributed by atoms with E-state index in [0.717, 1.165) is 0 Å². The Hall–Kier alpha value is -4.94. The van der Waals surface area contributed by atoms with Gasteiger partial charge in [0, 0.05) is 5.41 Å². The first kappa shape index (κ1) is 23.9. The Balaban J connectivity index is 1.22. The number of benzene rings is 7. The van der Waals surface area contributed by atoms with Gasteiger partial charge in [-0.25, -0.2) is 0 Å². The fourth-order valence-corrected chi connectivity index (χ4v) is 6.79. The standard InChI is InChI=1S/C41H30/c1-41(2)39-14-7-6-13-35(39)38-25-34-22-20-30-19-21-33(24-36(30)37(34)26-40(38)41)32-12-8-11-31(23-32)29-17-15-28(16-18-29)27-9-4-3-5-10-27/h3-26H,1-2H3. The normalized spacial score (nSPS) is 13.3. The van der Waals surface area contributed by atoms with Crippen LogP contribution in [0.25, 0.3) is 66.1 Å². The van der Waals surface area contributed by atoms with Crippen LogP contribution in [-0.2, 0) is 5.41 Å². The van der Waals surface area contributed by atoms with Crippen molar-refractivity contribution in [2.75, 3.05) is 0 Å². The van der Waals surface area contributed by atoms with Crippen LogP contribution in [0.4, 0.5) is 0 Å². The second kappa shape index (κ2) is 9.04. The molecule has 0 atom stereocenters. The SMILES string of the molecule is CC1(C)c2ccccc2-c2cc3ccc4ccc(-c5cccc(-c6ccc(-c7ccccc7)cc6)c5)cc4c3cc21. The van der Waals surface area contributed by atoms with Gasteiger partial charge in [-0.15, -0.1) is 0 Å². The van der Waals surface area contributed by atoms with E-state index >= 15 is 0 Å². The van der Waals surface area contributed by atoms with Crippen LogP contribution in [0.3, 0.4) is 0 Å². The van der Waals surface area contributed by atoms with Gasteiger partial charge in [-0.05, 0) is 101 Å². The lowest BCUT2D eigenvalue weighted by Gasteiger charge is -2.22. The molecular formula is C41H30. The summed E-state index contributed by atoms with van der Waals surface area (Å²) in [7, 11) is 0.